The lowest BCUT2D eigenvalue weighted by Gasteiger charge is -2.32. The van der Waals surface area contributed by atoms with Crippen LogP contribution in [-0.2, 0) is 4.79 Å². The molecule has 0 spiro atoms. The molecule has 0 atom stereocenters. The number of alkyl halides is 3. The molecule has 3 N–H and O–H groups in total. The summed E-state index contributed by atoms with van der Waals surface area (Å²) in [5, 5.41) is 3.24. The second kappa shape index (κ2) is 6.55. The van der Waals surface area contributed by atoms with E-state index in [1.807, 2.05) is 0 Å². The van der Waals surface area contributed by atoms with Crippen LogP contribution in [0.1, 0.15) is 12.8 Å². The zero-order valence-corrected chi connectivity index (χ0v) is 12.3. The number of aromatic nitrogens is 2. The van der Waals surface area contributed by atoms with Gasteiger partial charge in [-0.1, -0.05) is 11.6 Å². The van der Waals surface area contributed by atoms with Crippen LogP contribution >= 0.6 is 11.6 Å². The first kappa shape index (κ1) is 16.6. The van der Waals surface area contributed by atoms with Gasteiger partial charge in [-0.3, -0.25) is 4.79 Å². The number of nitrogens with zero attached hydrogens (tertiary/aromatic N) is 3. The molecule has 1 fully saturated rings. The number of nitrogen functional groups attached to an aromatic ring is 1. The molecule has 1 aliphatic rings. The Balaban J connectivity index is 1.81. The molecule has 1 aromatic rings. The van der Waals surface area contributed by atoms with Gasteiger partial charge in [0.1, 0.15) is 11.0 Å². The van der Waals surface area contributed by atoms with E-state index < -0.39 is 12.1 Å². The van der Waals surface area contributed by atoms with Gasteiger partial charge in [0.25, 0.3) is 0 Å². The summed E-state index contributed by atoms with van der Waals surface area (Å²) in [5.41, 5.74) is 5.46. The number of anilines is 2. The monoisotopic (exact) mass is 337 g/mol. The highest BCUT2D eigenvalue weighted by Crippen LogP contribution is 2.24. The maximum Gasteiger partial charge on any atom is 0.471 e. The van der Waals surface area contributed by atoms with Crippen LogP contribution < -0.4 is 11.1 Å². The summed E-state index contributed by atoms with van der Waals surface area (Å²) in [6.45, 7) is 0.704. The second-order valence-electron chi connectivity index (χ2n) is 5.05. The topological polar surface area (TPSA) is 84.1 Å². The number of hydrogen-bond acceptors (Lipinski definition) is 5. The Bertz CT molecular complexity index is 526. The van der Waals surface area contributed by atoms with Crippen LogP contribution in [0, 0.1) is 5.92 Å². The van der Waals surface area contributed by atoms with E-state index in [4.69, 9.17) is 17.3 Å². The third-order valence-corrected chi connectivity index (χ3v) is 3.62. The Kier molecular flexibility index (Phi) is 4.94. The number of rotatable bonds is 3. The molecule has 22 heavy (non-hydrogen) atoms. The Hall–Kier alpha value is -1.77. The standard InChI is InChI=1S/C12H15ClF3N5O/c13-8-5-9(20-11(17)19-8)18-6-7-1-3-21(4-2-7)10(22)12(14,15)16/h5,7H,1-4,6H2,(H3,17,18,19,20). The lowest BCUT2D eigenvalue weighted by molar-refractivity contribution is -0.186. The molecule has 0 aliphatic carbocycles. The van der Waals surface area contributed by atoms with Crippen molar-refractivity contribution < 1.29 is 18.0 Å². The smallest absolute Gasteiger partial charge is 0.370 e. The van der Waals surface area contributed by atoms with E-state index >= 15 is 0 Å². The lowest BCUT2D eigenvalue weighted by atomic mass is 9.96. The number of piperidine rings is 1. The van der Waals surface area contributed by atoms with Crippen LogP contribution in [0.2, 0.25) is 5.15 Å². The molecule has 0 saturated carbocycles. The van der Waals surface area contributed by atoms with Crippen molar-refractivity contribution in [2.45, 2.75) is 19.0 Å². The van der Waals surface area contributed by atoms with Crippen LogP contribution in [0.5, 0.6) is 0 Å². The van der Waals surface area contributed by atoms with Gasteiger partial charge in [0, 0.05) is 25.7 Å². The summed E-state index contributed by atoms with van der Waals surface area (Å²) in [7, 11) is 0. The number of carbonyl (C=O) groups excluding carboxylic acids is 1. The molecule has 0 radical (unpaired) electrons. The molecule has 1 amide bonds. The Labute approximate surface area is 129 Å². The van der Waals surface area contributed by atoms with Crippen LogP contribution in [0.15, 0.2) is 6.07 Å². The lowest BCUT2D eigenvalue weighted by Crippen LogP contribution is -2.46. The van der Waals surface area contributed by atoms with Crippen molar-refractivity contribution in [3.05, 3.63) is 11.2 Å². The van der Waals surface area contributed by atoms with Gasteiger partial charge < -0.3 is 16.0 Å². The molecule has 0 unspecified atom stereocenters. The Morgan fingerprint density at radius 2 is 2.05 bits per heavy atom. The molecule has 2 heterocycles. The summed E-state index contributed by atoms with van der Waals surface area (Å²) in [6.07, 6.45) is -3.83. The minimum Gasteiger partial charge on any atom is -0.370 e. The van der Waals surface area contributed by atoms with Gasteiger partial charge >= 0.3 is 12.1 Å². The average molecular weight is 338 g/mol. The number of carbonyl (C=O) groups is 1. The van der Waals surface area contributed by atoms with Crippen molar-refractivity contribution in [3.63, 3.8) is 0 Å². The predicted octanol–water partition coefficient (Wildman–Crippen LogP) is 1.92. The zero-order valence-electron chi connectivity index (χ0n) is 11.5. The molecule has 1 saturated heterocycles. The van der Waals surface area contributed by atoms with E-state index in [9.17, 15) is 18.0 Å². The predicted molar refractivity (Wildman–Crippen MR) is 75.3 cm³/mol. The third kappa shape index (κ3) is 4.36. The molecular weight excluding hydrogens is 323 g/mol. The fourth-order valence-corrected chi connectivity index (χ4v) is 2.48. The van der Waals surface area contributed by atoms with Crippen molar-refractivity contribution in [1.29, 1.82) is 0 Å². The summed E-state index contributed by atoms with van der Waals surface area (Å²) < 4.78 is 37.0. The average Bonchev–Trinajstić information content (AvgIpc) is 2.43. The first-order valence-electron chi connectivity index (χ1n) is 6.65. The largest absolute Gasteiger partial charge is 0.471 e. The van der Waals surface area contributed by atoms with Gasteiger partial charge in [0.2, 0.25) is 5.95 Å². The fourth-order valence-electron chi connectivity index (χ4n) is 2.29. The molecule has 1 aromatic heterocycles. The highest BCUT2D eigenvalue weighted by atomic mass is 35.5. The number of likely N-dealkylation sites (tertiary alicyclic amines) is 1. The maximum absolute atomic E-state index is 12.3. The summed E-state index contributed by atoms with van der Waals surface area (Å²) in [5.74, 6) is -1.12. The minimum atomic E-state index is -4.81. The van der Waals surface area contributed by atoms with Crippen molar-refractivity contribution in [2.24, 2.45) is 5.92 Å². The van der Waals surface area contributed by atoms with Gasteiger partial charge in [0.05, 0.1) is 0 Å². The van der Waals surface area contributed by atoms with E-state index in [0.29, 0.717) is 25.2 Å². The van der Waals surface area contributed by atoms with Gasteiger partial charge in [-0.2, -0.15) is 18.2 Å². The molecule has 0 aromatic carbocycles. The maximum atomic E-state index is 12.3. The number of nitrogens with two attached hydrogens (primary N) is 1. The number of nitrogens with one attached hydrogen (secondary N) is 1. The molecular formula is C12H15ClF3N5O. The quantitative estimate of drug-likeness (QED) is 0.823. The summed E-state index contributed by atoms with van der Waals surface area (Å²) in [6, 6.07) is 1.51. The van der Waals surface area contributed by atoms with Gasteiger partial charge in [0.15, 0.2) is 0 Å². The highest BCUT2D eigenvalue weighted by Gasteiger charge is 2.43. The van der Waals surface area contributed by atoms with Crippen molar-refractivity contribution >= 4 is 29.3 Å². The van der Waals surface area contributed by atoms with E-state index in [2.05, 4.69) is 15.3 Å². The van der Waals surface area contributed by atoms with Crippen LogP contribution in [0.25, 0.3) is 0 Å². The fraction of sp³-hybridized carbons (Fsp3) is 0.583. The van der Waals surface area contributed by atoms with E-state index in [1.54, 1.807) is 0 Å². The van der Waals surface area contributed by atoms with Crippen LogP contribution in [0.4, 0.5) is 24.9 Å². The van der Waals surface area contributed by atoms with Gasteiger partial charge in [-0.25, -0.2) is 4.98 Å². The van der Waals surface area contributed by atoms with E-state index in [1.165, 1.54) is 6.07 Å². The third-order valence-electron chi connectivity index (χ3n) is 3.43. The first-order chi connectivity index (χ1) is 10.3. The van der Waals surface area contributed by atoms with Crippen LogP contribution in [0.3, 0.4) is 0 Å². The minimum absolute atomic E-state index is 0.0422. The Morgan fingerprint density at radius 1 is 1.41 bits per heavy atom. The van der Waals surface area contributed by atoms with Crippen LogP contribution in [-0.4, -0.2) is 46.6 Å². The summed E-state index contributed by atoms with van der Waals surface area (Å²) >= 11 is 5.75. The number of halogens is 4. The van der Waals surface area contributed by atoms with E-state index in [0.717, 1.165) is 4.90 Å². The first-order valence-corrected chi connectivity index (χ1v) is 7.03. The van der Waals surface area contributed by atoms with Gasteiger partial charge in [-0.05, 0) is 18.8 Å². The number of amides is 1. The van der Waals surface area contributed by atoms with Crippen molar-refractivity contribution in [1.82, 2.24) is 14.9 Å². The van der Waals surface area contributed by atoms with Gasteiger partial charge in [-0.15, -0.1) is 0 Å². The normalized spacial score (nSPS) is 16.6. The highest BCUT2D eigenvalue weighted by molar-refractivity contribution is 6.29. The SMILES string of the molecule is Nc1nc(Cl)cc(NCC2CCN(C(=O)C(F)(F)F)CC2)n1. The molecule has 0 bridgehead atoms. The zero-order chi connectivity index (χ0) is 16.3. The summed E-state index contributed by atoms with van der Waals surface area (Å²) in [4.78, 5) is 19.6. The van der Waals surface area contributed by atoms with Crippen molar-refractivity contribution in [3.8, 4) is 0 Å². The molecule has 10 heteroatoms. The number of hydrogen-bond donors (Lipinski definition) is 2. The molecule has 6 nitrogen and oxygen atoms in total. The van der Waals surface area contributed by atoms with E-state index in [-0.39, 0.29) is 30.1 Å². The second-order valence-corrected chi connectivity index (χ2v) is 5.44. The van der Waals surface area contributed by atoms with Crippen molar-refractivity contribution in [2.75, 3.05) is 30.7 Å². The molecule has 1 aliphatic heterocycles. The molecule has 2 rings (SSSR count). The Morgan fingerprint density at radius 3 is 2.59 bits per heavy atom. The molecule has 122 valence electrons.